The van der Waals surface area contributed by atoms with Gasteiger partial charge in [-0.1, -0.05) is 25.0 Å². The molecule has 29 heavy (non-hydrogen) atoms. The van der Waals surface area contributed by atoms with Gasteiger partial charge in [0.25, 0.3) is 4.84 Å². The van der Waals surface area contributed by atoms with Crippen LogP contribution in [0.3, 0.4) is 0 Å². The van der Waals surface area contributed by atoms with Crippen LogP contribution in [0, 0.1) is 16.6 Å². The molecule has 0 spiro atoms. The highest BCUT2D eigenvalue weighted by atomic mass is 32.1. The number of amides is 1. The van der Waals surface area contributed by atoms with E-state index in [1.54, 1.807) is 22.9 Å². The van der Waals surface area contributed by atoms with Gasteiger partial charge >= 0.3 is 0 Å². The van der Waals surface area contributed by atoms with E-state index in [9.17, 15) is 9.18 Å². The van der Waals surface area contributed by atoms with Crippen LogP contribution in [0.2, 0.25) is 0 Å². The van der Waals surface area contributed by atoms with E-state index in [4.69, 9.17) is 16.6 Å². The molecule has 2 aliphatic heterocycles. The maximum absolute atomic E-state index is 14.0. The molecular formula is C21H27FN4O2S. The zero-order valence-electron chi connectivity index (χ0n) is 16.6. The zero-order valence-corrected chi connectivity index (χ0v) is 17.4. The summed E-state index contributed by atoms with van der Waals surface area (Å²) in [6, 6.07) is 6.36. The molecule has 0 aliphatic carbocycles. The van der Waals surface area contributed by atoms with Gasteiger partial charge in [-0.25, -0.2) is 9.07 Å². The van der Waals surface area contributed by atoms with Crippen LogP contribution in [-0.4, -0.2) is 51.7 Å². The summed E-state index contributed by atoms with van der Waals surface area (Å²) in [5.41, 5.74) is 0.305. The molecule has 0 bridgehead atoms. The van der Waals surface area contributed by atoms with Crippen molar-refractivity contribution in [1.29, 1.82) is 0 Å². The van der Waals surface area contributed by atoms with E-state index >= 15 is 0 Å². The monoisotopic (exact) mass is 418 g/mol. The van der Waals surface area contributed by atoms with Crippen molar-refractivity contribution in [2.75, 3.05) is 26.2 Å². The molecule has 6 nitrogen and oxygen atoms in total. The normalized spacial score (nSPS) is 19.3. The first-order valence-electron chi connectivity index (χ1n) is 10.5. The molecule has 1 aromatic carbocycles. The van der Waals surface area contributed by atoms with Gasteiger partial charge in [-0.05, 0) is 50.0 Å². The van der Waals surface area contributed by atoms with Crippen molar-refractivity contribution in [2.45, 2.75) is 45.2 Å². The second-order valence-electron chi connectivity index (χ2n) is 7.93. The number of hydrogen-bond acceptors (Lipinski definition) is 5. The number of likely N-dealkylation sites (tertiary alicyclic amines) is 2. The van der Waals surface area contributed by atoms with Gasteiger partial charge in [0.05, 0.1) is 12.2 Å². The van der Waals surface area contributed by atoms with Crippen molar-refractivity contribution in [2.24, 2.45) is 5.92 Å². The van der Waals surface area contributed by atoms with E-state index in [0.29, 0.717) is 18.1 Å². The minimum absolute atomic E-state index is 0.114. The molecule has 2 aliphatic rings. The highest BCUT2D eigenvalue weighted by Crippen LogP contribution is 2.24. The fourth-order valence-electron chi connectivity index (χ4n) is 4.20. The number of rotatable bonds is 4. The summed E-state index contributed by atoms with van der Waals surface area (Å²) in [5, 5.41) is 4.36. The summed E-state index contributed by atoms with van der Waals surface area (Å²) in [4.78, 5) is 17.4. The van der Waals surface area contributed by atoms with E-state index in [0.717, 1.165) is 51.9 Å². The van der Waals surface area contributed by atoms with E-state index in [2.05, 4.69) is 14.9 Å². The lowest BCUT2D eigenvalue weighted by atomic mass is 9.95. The summed E-state index contributed by atoms with van der Waals surface area (Å²) in [5.74, 6) is 0.248. The Morgan fingerprint density at radius 3 is 2.48 bits per heavy atom. The van der Waals surface area contributed by atoms with Gasteiger partial charge in [0.2, 0.25) is 11.8 Å². The zero-order chi connectivity index (χ0) is 20.2. The molecule has 0 radical (unpaired) electrons. The Kier molecular flexibility index (Phi) is 6.40. The van der Waals surface area contributed by atoms with Crippen LogP contribution in [0.4, 0.5) is 4.39 Å². The molecule has 2 saturated heterocycles. The minimum atomic E-state index is -0.385. The van der Waals surface area contributed by atoms with Crippen LogP contribution in [0.25, 0.3) is 11.5 Å². The van der Waals surface area contributed by atoms with Crippen molar-refractivity contribution >= 4 is 18.1 Å². The van der Waals surface area contributed by atoms with Gasteiger partial charge in [-0.3, -0.25) is 9.69 Å². The summed E-state index contributed by atoms with van der Waals surface area (Å²) in [7, 11) is 0. The van der Waals surface area contributed by atoms with Crippen molar-refractivity contribution in [3.05, 3.63) is 34.9 Å². The molecule has 4 rings (SSSR count). The highest BCUT2D eigenvalue weighted by molar-refractivity contribution is 7.71. The number of halogens is 1. The van der Waals surface area contributed by atoms with Gasteiger partial charge in [-0.2, -0.15) is 0 Å². The lowest BCUT2D eigenvalue weighted by Crippen LogP contribution is -2.43. The van der Waals surface area contributed by atoms with Crippen molar-refractivity contribution in [3.63, 3.8) is 0 Å². The lowest BCUT2D eigenvalue weighted by Gasteiger charge is -2.33. The second-order valence-corrected chi connectivity index (χ2v) is 8.27. The Balaban J connectivity index is 1.35. The maximum Gasteiger partial charge on any atom is 0.288 e. The van der Waals surface area contributed by atoms with Gasteiger partial charge in [-0.15, -0.1) is 5.10 Å². The molecule has 156 valence electrons. The summed E-state index contributed by atoms with van der Waals surface area (Å²) in [6.07, 6.45) is 6.41. The first kappa shape index (κ1) is 20.2. The van der Waals surface area contributed by atoms with E-state index in [-0.39, 0.29) is 22.5 Å². The first-order valence-corrected chi connectivity index (χ1v) is 10.9. The quantitative estimate of drug-likeness (QED) is 0.700. The Morgan fingerprint density at radius 1 is 1.10 bits per heavy atom. The first-order chi connectivity index (χ1) is 14.1. The van der Waals surface area contributed by atoms with Crippen LogP contribution in [-0.2, 0) is 11.5 Å². The summed E-state index contributed by atoms with van der Waals surface area (Å²) >= 11 is 5.27. The lowest BCUT2D eigenvalue weighted by molar-refractivity contribution is -0.137. The minimum Gasteiger partial charge on any atom is -0.409 e. The molecule has 1 amide bonds. The van der Waals surface area contributed by atoms with Crippen molar-refractivity contribution < 1.29 is 13.6 Å². The molecule has 0 saturated carbocycles. The number of nitrogens with zero attached hydrogens (tertiary/aromatic N) is 4. The molecule has 1 aromatic heterocycles. The van der Waals surface area contributed by atoms with E-state index in [1.165, 1.54) is 18.9 Å². The number of piperidine rings is 1. The Hall–Kier alpha value is -2.06. The van der Waals surface area contributed by atoms with Crippen molar-refractivity contribution in [1.82, 2.24) is 19.6 Å². The molecule has 0 N–H and O–H groups in total. The molecule has 0 atom stereocenters. The van der Waals surface area contributed by atoms with Crippen LogP contribution in [0.1, 0.15) is 38.5 Å². The number of aromatic nitrogens is 2. The summed E-state index contributed by atoms with van der Waals surface area (Å²) < 4.78 is 21.1. The molecule has 2 aromatic rings. The van der Waals surface area contributed by atoms with Crippen LogP contribution >= 0.6 is 12.2 Å². The van der Waals surface area contributed by atoms with Crippen LogP contribution in [0.5, 0.6) is 0 Å². The third-order valence-electron chi connectivity index (χ3n) is 5.90. The largest absolute Gasteiger partial charge is 0.409 e. The van der Waals surface area contributed by atoms with Crippen LogP contribution in [0.15, 0.2) is 28.7 Å². The molecule has 3 heterocycles. The fraction of sp³-hybridized carbons (Fsp3) is 0.571. The predicted molar refractivity (Wildman–Crippen MR) is 110 cm³/mol. The SMILES string of the molecule is O=C(C1CCN(Cn2nc(-c3ccccc3F)oc2=S)CC1)N1CCCCCC1. The van der Waals surface area contributed by atoms with E-state index < -0.39 is 0 Å². The average Bonchev–Trinajstić information content (AvgIpc) is 2.93. The third-order valence-corrected chi connectivity index (χ3v) is 6.19. The molecule has 8 heteroatoms. The standard InChI is InChI=1S/C21H27FN4O2S/c22-18-8-4-3-7-17(18)19-23-26(21(29)28-19)15-24-13-9-16(10-14-24)20(27)25-11-5-1-2-6-12-25/h3-4,7-8,16H,1-2,5-6,9-15H2. The molecular weight excluding hydrogens is 391 g/mol. The topological polar surface area (TPSA) is 54.5 Å². The van der Waals surface area contributed by atoms with Crippen LogP contribution < -0.4 is 0 Å². The molecule has 2 fully saturated rings. The van der Waals surface area contributed by atoms with E-state index in [1.807, 2.05) is 0 Å². The number of benzene rings is 1. The Morgan fingerprint density at radius 2 is 1.79 bits per heavy atom. The summed E-state index contributed by atoms with van der Waals surface area (Å²) in [6.45, 7) is 3.93. The smallest absolute Gasteiger partial charge is 0.288 e. The third kappa shape index (κ3) is 4.75. The number of carbonyl (C=O) groups excluding carboxylic acids is 1. The number of hydrogen-bond donors (Lipinski definition) is 0. The Bertz CT molecular complexity index is 896. The molecule has 0 unspecified atom stereocenters. The van der Waals surface area contributed by atoms with Crippen molar-refractivity contribution in [3.8, 4) is 11.5 Å². The second kappa shape index (κ2) is 9.17. The maximum atomic E-state index is 14.0. The number of carbonyl (C=O) groups is 1. The van der Waals surface area contributed by atoms with Gasteiger partial charge in [0, 0.05) is 32.1 Å². The van der Waals surface area contributed by atoms with Gasteiger partial charge < -0.3 is 9.32 Å². The van der Waals surface area contributed by atoms with Gasteiger partial charge in [0.15, 0.2) is 0 Å². The average molecular weight is 419 g/mol. The fourth-order valence-corrected chi connectivity index (χ4v) is 4.38. The highest BCUT2D eigenvalue weighted by Gasteiger charge is 2.29. The van der Waals surface area contributed by atoms with Gasteiger partial charge in [0.1, 0.15) is 5.82 Å². The Labute approximate surface area is 175 Å². The predicted octanol–water partition coefficient (Wildman–Crippen LogP) is 4.08.